The fraction of sp³-hybridized carbons (Fsp3) is 0.167. The molecule has 0 spiro atoms. The number of rotatable bonds is 4. The number of benzene rings is 2. The summed E-state index contributed by atoms with van der Waals surface area (Å²) >= 11 is 0. The summed E-state index contributed by atoms with van der Waals surface area (Å²) in [6, 6.07) is 15.4. The third kappa shape index (κ3) is 2.99. The Kier molecular flexibility index (Phi) is 4.29. The van der Waals surface area contributed by atoms with E-state index in [9.17, 15) is 9.59 Å². The van der Waals surface area contributed by atoms with Gasteiger partial charge in [-0.05, 0) is 29.8 Å². The number of nitrogens with one attached hydrogen (secondary N) is 1. The molecule has 1 aliphatic rings. The fourth-order valence-corrected chi connectivity index (χ4v) is 2.44. The van der Waals surface area contributed by atoms with Gasteiger partial charge < -0.3 is 4.74 Å². The molecule has 0 radical (unpaired) electrons. The first kappa shape index (κ1) is 15.7. The molecule has 0 aliphatic carbocycles. The maximum Gasteiger partial charge on any atom is 0.275 e. The van der Waals surface area contributed by atoms with Gasteiger partial charge in [0.25, 0.3) is 5.91 Å². The second-order valence-electron chi connectivity index (χ2n) is 5.33. The van der Waals surface area contributed by atoms with E-state index in [0.29, 0.717) is 11.4 Å². The van der Waals surface area contributed by atoms with Gasteiger partial charge in [0, 0.05) is 6.92 Å². The number of hydrazine groups is 1. The number of carbonyl (C=O) groups is 2. The van der Waals surface area contributed by atoms with Crippen LogP contribution in [0.4, 0.5) is 5.69 Å². The van der Waals surface area contributed by atoms with Crippen molar-refractivity contribution in [2.75, 3.05) is 12.1 Å². The van der Waals surface area contributed by atoms with E-state index >= 15 is 0 Å². The summed E-state index contributed by atoms with van der Waals surface area (Å²) in [7, 11) is 1.57. The number of aliphatic imine (C=N–C) groups is 1. The van der Waals surface area contributed by atoms with Gasteiger partial charge >= 0.3 is 0 Å². The summed E-state index contributed by atoms with van der Waals surface area (Å²) in [4.78, 5) is 29.0. The smallest absolute Gasteiger partial charge is 0.275 e. The van der Waals surface area contributed by atoms with Crippen LogP contribution in [0.2, 0.25) is 0 Å². The maximum absolute atomic E-state index is 12.9. The average Bonchev–Trinajstić information content (AvgIpc) is 2.62. The minimum Gasteiger partial charge on any atom is -0.497 e. The number of ketones is 1. The Labute approximate surface area is 139 Å². The van der Waals surface area contributed by atoms with Crippen molar-refractivity contribution in [3.8, 4) is 5.75 Å². The van der Waals surface area contributed by atoms with Crippen molar-refractivity contribution >= 4 is 23.2 Å². The maximum atomic E-state index is 12.9. The highest BCUT2D eigenvalue weighted by Crippen LogP contribution is 2.27. The Morgan fingerprint density at radius 3 is 2.38 bits per heavy atom. The molecule has 1 heterocycles. The fourth-order valence-electron chi connectivity index (χ4n) is 2.44. The van der Waals surface area contributed by atoms with Gasteiger partial charge in [-0.25, -0.2) is 10.0 Å². The lowest BCUT2D eigenvalue weighted by Crippen LogP contribution is -2.54. The van der Waals surface area contributed by atoms with E-state index in [1.165, 1.54) is 11.9 Å². The van der Waals surface area contributed by atoms with Gasteiger partial charge in [0.05, 0.1) is 12.8 Å². The number of methoxy groups -OCH3 is 1. The number of Topliss-reactive ketones (excluding diaryl/α,β-unsaturated/α-hetero) is 1. The number of amides is 1. The molecule has 1 N–H and O–H groups in total. The van der Waals surface area contributed by atoms with E-state index in [1.807, 2.05) is 30.3 Å². The highest BCUT2D eigenvalue weighted by Gasteiger charge is 2.33. The van der Waals surface area contributed by atoms with E-state index < -0.39 is 6.04 Å². The van der Waals surface area contributed by atoms with Crippen molar-refractivity contribution in [3.05, 3.63) is 60.2 Å². The van der Waals surface area contributed by atoms with Crippen LogP contribution in [0.25, 0.3) is 0 Å². The number of anilines is 1. The number of ether oxygens (including phenoxy) is 1. The summed E-state index contributed by atoms with van der Waals surface area (Å²) in [6.45, 7) is 1.41. The molecule has 0 saturated carbocycles. The van der Waals surface area contributed by atoms with Gasteiger partial charge in [0.15, 0.2) is 17.7 Å². The van der Waals surface area contributed by atoms with Crippen LogP contribution < -0.4 is 15.2 Å². The molecule has 1 atom stereocenters. The van der Waals surface area contributed by atoms with Gasteiger partial charge in [-0.1, -0.05) is 30.3 Å². The molecule has 0 fully saturated rings. The van der Waals surface area contributed by atoms with Crippen molar-refractivity contribution in [3.63, 3.8) is 0 Å². The zero-order valence-electron chi connectivity index (χ0n) is 13.4. The van der Waals surface area contributed by atoms with E-state index in [-0.39, 0.29) is 17.5 Å². The highest BCUT2D eigenvalue weighted by atomic mass is 16.5. The van der Waals surface area contributed by atoms with Crippen LogP contribution in [0.15, 0.2) is 59.6 Å². The zero-order chi connectivity index (χ0) is 17.1. The molecule has 6 heteroatoms. The molecule has 1 aliphatic heterocycles. The number of hydrogen-bond acceptors (Lipinski definition) is 5. The van der Waals surface area contributed by atoms with Crippen molar-refractivity contribution < 1.29 is 14.3 Å². The molecule has 3 rings (SSSR count). The topological polar surface area (TPSA) is 71.0 Å². The lowest BCUT2D eigenvalue weighted by Gasteiger charge is -2.31. The Hall–Kier alpha value is -3.15. The SMILES string of the molecule is COc1ccc(N2NC(C(C)=O)=NC(c3ccccc3)C2=O)cc1. The largest absolute Gasteiger partial charge is 0.497 e. The highest BCUT2D eigenvalue weighted by molar-refractivity contribution is 6.39. The number of nitrogens with zero attached hydrogens (tertiary/aromatic N) is 2. The summed E-state index contributed by atoms with van der Waals surface area (Å²) in [6.07, 6.45) is 0. The van der Waals surface area contributed by atoms with Gasteiger partial charge in [-0.3, -0.25) is 15.0 Å². The number of amidine groups is 1. The second kappa shape index (κ2) is 6.54. The molecule has 1 unspecified atom stereocenters. The third-order valence-corrected chi connectivity index (χ3v) is 3.71. The first-order chi connectivity index (χ1) is 11.6. The molecular weight excluding hydrogens is 306 g/mol. The van der Waals surface area contributed by atoms with Gasteiger partial charge in [-0.15, -0.1) is 0 Å². The van der Waals surface area contributed by atoms with Gasteiger partial charge in [0.2, 0.25) is 0 Å². The predicted octanol–water partition coefficient (Wildman–Crippen LogP) is 2.28. The van der Waals surface area contributed by atoms with Crippen molar-refractivity contribution in [2.45, 2.75) is 13.0 Å². The molecule has 2 aromatic rings. The Bertz CT molecular complexity index is 785. The predicted molar refractivity (Wildman–Crippen MR) is 90.9 cm³/mol. The second-order valence-corrected chi connectivity index (χ2v) is 5.33. The van der Waals surface area contributed by atoms with Crippen molar-refractivity contribution in [1.82, 2.24) is 5.43 Å². The quantitative estimate of drug-likeness (QED) is 0.937. The molecule has 2 aromatic carbocycles. The summed E-state index contributed by atoms with van der Waals surface area (Å²) in [5.74, 6) is 0.348. The monoisotopic (exact) mass is 323 g/mol. The Balaban J connectivity index is 2.00. The number of hydrogen-bond donors (Lipinski definition) is 1. The first-order valence-electron chi connectivity index (χ1n) is 7.48. The molecule has 0 aromatic heterocycles. The zero-order valence-corrected chi connectivity index (χ0v) is 13.4. The molecule has 122 valence electrons. The van der Waals surface area contributed by atoms with Crippen LogP contribution in [-0.2, 0) is 9.59 Å². The van der Waals surface area contributed by atoms with Crippen LogP contribution in [0.5, 0.6) is 5.75 Å². The van der Waals surface area contributed by atoms with Gasteiger partial charge in [0.1, 0.15) is 5.75 Å². The molecule has 24 heavy (non-hydrogen) atoms. The normalized spacial score (nSPS) is 17.1. The molecule has 0 saturated heterocycles. The van der Waals surface area contributed by atoms with Crippen LogP contribution >= 0.6 is 0 Å². The number of carbonyl (C=O) groups excluding carboxylic acids is 2. The van der Waals surface area contributed by atoms with Gasteiger partial charge in [-0.2, -0.15) is 0 Å². The van der Waals surface area contributed by atoms with Crippen LogP contribution in [-0.4, -0.2) is 24.6 Å². The molecule has 0 bridgehead atoms. The molecular formula is C18H17N3O3. The minimum absolute atomic E-state index is 0.152. The summed E-state index contributed by atoms with van der Waals surface area (Å²) in [5, 5.41) is 1.35. The minimum atomic E-state index is -0.756. The van der Waals surface area contributed by atoms with Crippen LogP contribution in [0.3, 0.4) is 0 Å². The lowest BCUT2D eigenvalue weighted by atomic mass is 10.1. The van der Waals surface area contributed by atoms with E-state index in [0.717, 1.165) is 5.56 Å². The van der Waals surface area contributed by atoms with Crippen LogP contribution in [0, 0.1) is 0 Å². The van der Waals surface area contributed by atoms with Crippen LogP contribution in [0.1, 0.15) is 18.5 Å². The van der Waals surface area contributed by atoms with E-state index in [4.69, 9.17) is 4.74 Å². The van der Waals surface area contributed by atoms with Crippen molar-refractivity contribution in [2.24, 2.45) is 4.99 Å². The Morgan fingerprint density at radius 2 is 1.79 bits per heavy atom. The molecule has 1 amide bonds. The van der Waals surface area contributed by atoms with E-state index in [1.54, 1.807) is 31.4 Å². The average molecular weight is 323 g/mol. The van der Waals surface area contributed by atoms with E-state index in [2.05, 4.69) is 10.4 Å². The molecule has 6 nitrogen and oxygen atoms in total. The van der Waals surface area contributed by atoms with Crippen molar-refractivity contribution in [1.29, 1.82) is 0 Å². The third-order valence-electron chi connectivity index (χ3n) is 3.71. The Morgan fingerprint density at radius 1 is 1.12 bits per heavy atom. The first-order valence-corrected chi connectivity index (χ1v) is 7.48. The lowest BCUT2D eigenvalue weighted by molar-refractivity contribution is -0.120. The standard InChI is InChI=1S/C18H17N3O3/c1-12(22)17-19-16(13-6-4-3-5-7-13)18(23)21(20-17)14-8-10-15(24-2)11-9-14/h3-11,16H,1-2H3,(H,19,20). The summed E-state index contributed by atoms with van der Waals surface area (Å²) in [5.41, 5.74) is 4.14. The summed E-state index contributed by atoms with van der Waals surface area (Å²) < 4.78 is 5.13.